The van der Waals surface area contributed by atoms with Crippen molar-refractivity contribution >= 4 is 39.9 Å². The molecule has 1 atom stereocenters. The SMILES string of the molecule is CC[C@]1(C)CC(=O)c2c(ccc3oc(C(=O)Nc4cc(C(F)(F)F)ccc4Cl)c(C)c23)O1. The zero-order valence-electron chi connectivity index (χ0n) is 17.4. The third-order valence-electron chi connectivity index (χ3n) is 5.72. The van der Waals surface area contributed by atoms with E-state index in [9.17, 15) is 22.8 Å². The van der Waals surface area contributed by atoms with Crippen LogP contribution in [-0.2, 0) is 6.18 Å². The summed E-state index contributed by atoms with van der Waals surface area (Å²) in [5.41, 5.74) is -0.740. The molecule has 1 aliphatic heterocycles. The van der Waals surface area contributed by atoms with Gasteiger partial charge < -0.3 is 14.5 Å². The minimum absolute atomic E-state index is 0.0556. The van der Waals surface area contributed by atoms with Crippen LogP contribution in [0, 0.1) is 6.92 Å². The summed E-state index contributed by atoms with van der Waals surface area (Å²) in [5, 5.41) is 2.77. The molecule has 0 saturated heterocycles. The van der Waals surface area contributed by atoms with Crippen LogP contribution < -0.4 is 10.1 Å². The quantitative estimate of drug-likeness (QED) is 0.462. The van der Waals surface area contributed by atoms with Gasteiger partial charge in [-0.1, -0.05) is 18.5 Å². The van der Waals surface area contributed by atoms with Crippen LogP contribution >= 0.6 is 11.6 Å². The molecule has 0 aliphatic carbocycles. The van der Waals surface area contributed by atoms with Gasteiger partial charge in [-0.15, -0.1) is 0 Å². The molecule has 5 nitrogen and oxygen atoms in total. The molecule has 168 valence electrons. The summed E-state index contributed by atoms with van der Waals surface area (Å²) in [7, 11) is 0. The number of carbonyl (C=O) groups excluding carboxylic acids is 2. The Morgan fingerprint density at radius 1 is 1.25 bits per heavy atom. The highest BCUT2D eigenvalue weighted by Crippen LogP contribution is 2.42. The van der Waals surface area contributed by atoms with Crippen molar-refractivity contribution in [1.29, 1.82) is 0 Å². The smallest absolute Gasteiger partial charge is 0.416 e. The third kappa shape index (κ3) is 3.72. The molecule has 0 saturated carbocycles. The van der Waals surface area contributed by atoms with Gasteiger partial charge in [-0.05, 0) is 50.6 Å². The fraction of sp³-hybridized carbons (Fsp3) is 0.304. The first-order chi connectivity index (χ1) is 14.9. The first kappa shape index (κ1) is 22.2. The molecule has 2 aromatic carbocycles. The summed E-state index contributed by atoms with van der Waals surface area (Å²) in [6, 6.07) is 5.86. The zero-order valence-corrected chi connectivity index (χ0v) is 18.2. The lowest BCUT2D eigenvalue weighted by Gasteiger charge is -2.34. The molecule has 0 unspecified atom stereocenters. The Labute approximate surface area is 186 Å². The van der Waals surface area contributed by atoms with Crippen molar-refractivity contribution in [3.63, 3.8) is 0 Å². The summed E-state index contributed by atoms with van der Waals surface area (Å²) in [6.07, 6.45) is -3.76. The molecule has 4 rings (SSSR count). The lowest BCUT2D eigenvalue weighted by molar-refractivity contribution is -0.137. The highest BCUT2D eigenvalue weighted by Gasteiger charge is 2.37. The molecule has 2 heterocycles. The lowest BCUT2D eigenvalue weighted by Crippen LogP contribution is -2.38. The Hall–Kier alpha value is -3.00. The molecule has 9 heteroatoms. The Bertz CT molecular complexity index is 1260. The Balaban J connectivity index is 1.74. The summed E-state index contributed by atoms with van der Waals surface area (Å²) >= 11 is 5.98. The van der Waals surface area contributed by atoms with E-state index in [1.54, 1.807) is 19.1 Å². The number of anilines is 1. The second-order valence-corrected chi connectivity index (χ2v) is 8.43. The Morgan fingerprint density at radius 3 is 2.62 bits per heavy atom. The van der Waals surface area contributed by atoms with Crippen molar-refractivity contribution in [3.8, 4) is 5.75 Å². The monoisotopic (exact) mass is 465 g/mol. The van der Waals surface area contributed by atoms with Crippen molar-refractivity contribution in [2.45, 2.75) is 45.4 Å². The molecule has 0 spiro atoms. The van der Waals surface area contributed by atoms with Gasteiger partial charge in [0.15, 0.2) is 11.5 Å². The standard InChI is InChI=1S/C23H19ClF3NO4/c1-4-22(3)10-15(29)19-17(32-22)8-7-16-18(19)11(2)20(31-16)21(30)28-14-9-12(23(25,26)27)5-6-13(14)24/h5-9H,4,10H2,1-3H3,(H,28,30)/t22-/m1/s1. The molecule has 1 aromatic heterocycles. The number of ketones is 1. The molecule has 0 bridgehead atoms. The number of amides is 1. The number of rotatable bonds is 3. The van der Waals surface area contributed by atoms with Crippen LogP contribution in [0.25, 0.3) is 11.0 Å². The molecule has 3 aromatic rings. The number of nitrogens with one attached hydrogen (secondary N) is 1. The average Bonchev–Trinajstić information content (AvgIpc) is 3.05. The van der Waals surface area contributed by atoms with Crippen LogP contribution in [0.3, 0.4) is 0 Å². The van der Waals surface area contributed by atoms with E-state index in [1.807, 2.05) is 13.8 Å². The van der Waals surface area contributed by atoms with Crippen molar-refractivity contribution in [1.82, 2.24) is 0 Å². The largest absolute Gasteiger partial charge is 0.486 e. The van der Waals surface area contributed by atoms with E-state index in [0.717, 1.165) is 18.2 Å². The van der Waals surface area contributed by atoms with Crippen LogP contribution in [0.15, 0.2) is 34.7 Å². The minimum atomic E-state index is -4.59. The lowest BCUT2D eigenvalue weighted by atomic mass is 9.87. The summed E-state index contributed by atoms with van der Waals surface area (Å²) in [4.78, 5) is 25.8. The Kier molecular flexibility index (Phi) is 5.24. The van der Waals surface area contributed by atoms with Crippen LogP contribution in [0.1, 0.15) is 58.7 Å². The second kappa shape index (κ2) is 7.55. The van der Waals surface area contributed by atoms with Gasteiger partial charge in [0.25, 0.3) is 5.91 Å². The van der Waals surface area contributed by atoms with Gasteiger partial charge in [0.05, 0.1) is 28.3 Å². The Morgan fingerprint density at radius 2 is 1.97 bits per heavy atom. The maximum Gasteiger partial charge on any atom is 0.416 e. The third-order valence-corrected chi connectivity index (χ3v) is 6.05. The van der Waals surface area contributed by atoms with E-state index in [-0.39, 0.29) is 28.7 Å². The predicted molar refractivity (Wildman–Crippen MR) is 114 cm³/mol. The molecule has 32 heavy (non-hydrogen) atoms. The van der Waals surface area contributed by atoms with Gasteiger partial charge in [0.1, 0.15) is 16.9 Å². The molecule has 0 radical (unpaired) electrons. The molecule has 0 fully saturated rings. The van der Waals surface area contributed by atoms with Crippen molar-refractivity contribution in [2.24, 2.45) is 0 Å². The first-order valence-electron chi connectivity index (χ1n) is 9.90. The zero-order chi connectivity index (χ0) is 23.4. The van der Waals surface area contributed by atoms with Crippen molar-refractivity contribution in [2.75, 3.05) is 5.32 Å². The van der Waals surface area contributed by atoms with E-state index in [2.05, 4.69) is 5.32 Å². The van der Waals surface area contributed by atoms with Crippen LogP contribution in [-0.4, -0.2) is 17.3 Å². The number of ether oxygens (including phenoxy) is 1. The highest BCUT2D eigenvalue weighted by molar-refractivity contribution is 6.34. The molecule has 1 N–H and O–H groups in total. The van der Waals surface area contributed by atoms with Gasteiger partial charge in [-0.3, -0.25) is 9.59 Å². The summed E-state index contributed by atoms with van der Waals surface area (Å²) in [6.45, 7) is 5.40. The first-order valence-corrected chi connectivity index (χ1v) is 10.3. The molecular formula is C23H19ClF3NO4. The van der Waals surface area contributed by atoms with E-state index < -0.39 is 23.2 Å². The number of fused-ring (bicyclic) bond motifs is 3. The molecule has 1 aliphatic rings. The van der Waals surface area contributed by atoms with Gasteiger partial charge in [0.2, 0.25) is 0 Å². The van der Waals surface area contributed by atoms with Crippen LogP contribution in [0.5, 0.6) is 5.75 Å². The maximum atomic E-state index is 13.0. The number of halogens is 4. The van der Waals surface area contributed by atoms with E-state index in [1.165, 1.54) is 0 Å². The second-order valence-electron chi connectivity index (χ2n) is 8.02. The van der Waals surface area contributed by atoms with Crippen LogP contribution in [0.2, 0.25) is 5.02 Å². The number of carbonyl (C=O) groups is 2. The van der Waals surface area contributed by atoms with Crippen molar-refractivity contribution < 1.29 is 31.9 Å². The van der Waals surface area contributed by atoms with Gasteiger partial charge >= 0.3 is 6.18 Å². The highest BCUT2D eigenvalue weighted by atomic mass is 35.5. The fourth-order valence-electron chi connectivity index (χ4n) is 3.80. The minimum Gasteiger partial charge on any atom is -0.486 e. The average molecular weight is 466 g/mol. The van der Waals surface area contributed by atoms with E-state index in [4.69, 9.17) is 20.8 Å². The van der Waals surface area contributed by atoms with E-state index in [0.29, 0.717) is 34.3 Å². The normalized spacial score (nSPS) is 18.4. The van der Waals surface area contributed by atoms with Gasteiger partial charge in [-0.2, -0.15) is 13.2 Å². The fourth-order valence-corrected chi connectivity index (χ4v) is 3.97. The number of benzene rings is 2. The number of furan rings is 1. The van der Waals surface area contributed by atoms with Crippen molar-refractivity contribution in [3.05, 3.63) is 57.8 Å². The van der Waals surface area contributed by atoms with E-state index >= 15 is 0 Å². The summed E-state index contributed by atoms with van der Waals surface area (Å²) in [5.74, 6) is -0.623. The van der Waals surface area contributed by atoms with Crippen LogP contribution in [0.4, 0.5) is 18.9 Å². The number of hydrogen-bond acceptors (Lipinski definition) is 4. The topological polar surface area (TPSA) is 68.5 Å². The predicted octanol–water partition coefficient (Wildman–Crippen LogP) is 6.80. The number of hydrogen-bond donors (Lipinski definition) is 1. The molecular weight excluding hydrogens is 447 g/mol. The number of alkyl halides is 3. The summed E-state index contributed by atoms with van der Waals surface area (Å²) < 4.78 is 50.8. The number of Topliss-reactive ketones (excluding diaryl/α,β-unsaturated/α-hetero) is 1. The van der Waals surface area contributed by atoms with Gasteiger partial charge in [0, 0.05) is 10.9 Å². The molecule has 1 amide bonds. The maximum absolute atomic E-state index is 13.0. The number of aryl methyl sites for hydroxylation is 1. The van der Waals surface area contributed by atoms with Gasteiger partial charge in [-0.25, -0.2) is 0 Å².